The van der Waals surface area contributed by atoms with Gasteiger partial charge in [0.05, 0.1) is 11.4 Å². The molecule has 0 amide bonds. The van der Waals surface area contributed by atoms with Crippen molar-refractivity contribution in [2.24, 2.45) is 7.05 Å². The van der Waals surface area contributed by atoms with Crippen LogP contribution in [0.5, 0.6) is 0 Å². The summed E-state index contributed by atoms with van der Waals surface area (Å²) in [5, 5.41) is 7.34. The SMILES string of the molecule is [CH2]CCNc1c(N)c(C)nn1C. The van der Waals surface area contributed by atoms with Crippen molar-refractivity contribution in [2.75, 3.05) is 17.6 Å². The second-order valence-electron chi connectivity index (χ2n) is 2.75. The van der Waals surface area contributed by atoms with Crippen LogP contribution in [0, 0.1) is 13.8 Å². The summed E-state index contributed by atoms with van der Waals surface area (Å²) in [5.41, 5.74) is 7.37. The Morgan fingerprint density at radius 1 is 1.67 bits per heavy atom. The Balaban J connectivity index is 2.82. The predicted molar refractivity (Wildman–Crippen MR) is 50.8 cm³/mol. The summed E-state index contributed by atoms with van der Waals surface area (Å²) in [6, 6.07) is 0. The Labute approximate surface area is 72.8 Å². The van der Waals surface area contributed by atoms with E-state index in [2.05, 4.69) is 17.3 Å². The molecule has 3 N–H and O–H groups in total. The number of nitrogen functional groups attached to an aromatic ring is 1. The summed E-state index contributed by atoms with van der Waals surface area (Å²) in [7, 11) is 1.87. The molecule has 12 heavy (non-hydrogen) atoms. The summed E-state index contributed by atoms with van der Waals surface area (Å²) >= 11 is 0. The molecular formula is C8H15N4. The molecule has 0 spiro atoms. The Morgan fingerprint density at radius 2 is 2.33 bits per heavy atom. The first kappa shape index (κ1) is 8.90. The second kappa shape index (κ2) is 3.47. The maximum atomic E-state index is 5.78. The lowest BCUT2D eigenvalue weighted by Gasteiger charge is -2.04. The maximum Gasteiger partial charge on any atom is 0.147 e. The van der Waals surface area contributed by atoms with Crippen LogP contribution in [-0.2, 0) is 7.05 Å². The first-order chi connectivity index (χ1) is 5.66. The van der Waals surface area contributed by atoms with Crippen LogP contribution >= 0.6 is 0 Å². The smallest absolute Gasteiger partial charge is 0.147 e. The zero-order chi connectivity index (χ0) is 9.14. The molecule has 67 valence electrons. The van der Waals surface area contributed by atoms with E-state index >= 15 is 0 Å². The minimum absolute atomic E-state index is 0.728. The van der Waals surface area contributed by atoms with E-state index in [1.807, 2.05) is 14.0 Å². The molecule has 0 bridgehead atoms. The fraction of sp³-hybridized carbons (Fsp3) is 0.500. The third-order valence-electron chi connectivity index (χ3n) is 1.74. The van der Waals surface area contributed by atoms with Gasteiger partial charge in [0.1, 0.15) is 5.82 Å². The Morgan fingerprint density at radius 3 is 2.75 bits per heavy atom. The molecule has 1 heterocycles. The molecule has 0 saturated carbocycles. The molecule has 0 aliphatic carbocycles. The number of hydrogen-bond acceptors (Lipinski definition) is 3. The van der Waals surface area contributed by atoms with Gasteiger partial charge in [0, 0.05) is 13.6 Å². The van der Waals surface area contributed by atoms with Crippen LogP contribution in [0.2, 0.25) is 0 Å². The Hall–Kier alpha value is -1.19. The molecule has 4 nitrogen and oxygen atoms in total. The molecule has 0 aliphatic rings. The number of nitrogens with one attached hydrogen (secondary N) is 1. The van der Waals surface area contributed by atoms with Gasteiger partial charge in [-0.2, -0.15) is 5.10 Å². The van der Waals surface area contributed by atoms with Crippen LogP contribution in [-0.4, -0.2) is 16.3 Å². The third-order valence-corrected chi connectivity index (χ3v) is 1.74. The van der Waals surface area contributed by atoms with Gasteiger partial charge in [0.25, 0.3) is 0 Å². The number of hydrogen-bond donors (Lipinski definition) is 2. The fourth-order valence-corrected chi connectivity index (χ4v) is 1.09. The maximum absolute atomic E-state index is 5.78. The summed E-state index contributed by atoms with van der Waals surface area (Å²) in [6.07, 6.45) is 0.837. The quantitative estimate of drug-likeness (QED) is 0.704. The molecule has 0 atom stereocenters. The summed E-state index contributed by atoms with van der Waals surface area (Å²) in [4.78, 5) is 0. The normalized spacial score (nSPS) is 10.2. The molecule has 0 aromatic carbocycles. The standard InChI is InChI=1S/C8H15N4/c1-4-5-10-8-7(9)6(2)11-12(8)3/h10H,1,4-5,9H2,2-3H3. The van der Waals surface area contributed by atoms with Crippen LogP contribution < -0.4 is 11.1 Å². The van der Waals surface area contributed by atoms with Crippen molar-refractivity contribution in [3.63, 3.8) is 0 Å². The van der Waals surface area contributed by atoms with Crippen molar-refractivity contribution in [2.45, 2.75) is 13.3 Å². The molecule has 0 unspecified atom stereocenters. The first-order valence-corrected chi connectivity index (χ1v) is 3.99. The Bertz CT molecular complexity index is 264. The molecule has 1 rings (SSSR count). The lowest BCUT2D eigenvalue weighted by molar-refractivity contribution is 0.758. The van der Waals surface area contributed by atoms with Crippen molar-refractivity contribution in [1.82, 2.24) is 9.78 Å². The largest absolute Gasteiger partial charge is 0.394 e. The van der Waals surface area contributed by atoms with Gasteiger partial charge in [-0.25, -0.2) is 0 Å². The van der Waals surface area contributed by atoms with E-state index in [1.54, 1.807) is 4.68 Å². The Kier molecular flexibility index (Phi) is 2.58. The number of aryl methyl sites for hydroxylation is 2. The van der Waals surface area contributed by atoms with E-state index in [1.165, 1.54) is 0 Å². The van der Waals surface area contributed by atoms with Gasteiger partial charge in [0.2, 0.25) is 0 Å². The van der Waals surface area contributed by atoms with Crippen molar-refractivity contribution < 1.29 is 0 Å². The van der Waals surface area contributed by atoms with Gasteiger partial charge in [-0.15, -0.1) is 0 Å². The minimum Gasteiger partial charge on any atom is -0.394 e. The number of aromatic nitrogens is 2. The van der Waals surface area contributed by atoms with Crippen LogP contribution in [0.15, 0.2) is 0 Å². The second-order valence-corrected chi connectivity index (χ2v) is 2.75. The van der Waals surface area contributed by atoms with Crippen molar-refractivity contribution in [3.8, 4) is 0 Å². The highest BCUT2D eigenvalue weighted by Gasteiger charge is 2.07. The lowest BCUT2D eigenvalue weighted by atomic mass is 10.4. The number of anilines is 2. The molecule has 1 radical (unpaired) electrons. The summed E-state index contributed by atoms with van der Waals surface area (Å²) in [6.45, 7) is 6.45. The van der Waals surface area contributed by atoms with Gasteiger partial charge in [-0.1, -0.05) is 6.92 Å². The van der Waals surface area contributed by atoms with Crippen LogP contribution in [0.3, 0.4) is 0 Å². The topological polar surface area (TPSA) is 55.9 Å². The molecule has 1 aromatic heterocycles. The molecular weight excluding hydrogens is 152 g/mol. The predicted octanol–water partition coefficient (Wildman–Crippen LogP) is 0.947. The zero-order valence-electron chi connectivity index (χ0n) is 7.59. The average molecular weight is 167 g/mol. The van der Waals surface area contributed by atoms with Crippen LogP contribution in [0.4, 0.5) is 11.5 Å². The molecule has 1 aromatic rings. The van der Waals surface area contributed by atoms with E-state index < -0.39 is 0 Å². The van der Waals surface area contributed by atoms with Crippen LogP contribution in [0.1, 0.15) is 12.1 Å². The monoisotopic (exact) mass is 167 g/mol. The minimum atomic E-state index is 0.728. The van der Waals surface area contributed by atoms with Gasteiger partial charge in [-0.3, -0.25) is 4.68 Å². The molecule has 0 fully saturated rings. The summed E-state index contributed by atoms with van der Waals surface area (Å²) < 4.78 is 1.75. The fourth-order valence-electron chi connectivity index (χ4n) is 1.09. The van der Waals surface area contributed by atoms with Gasteiger partial charge >= 0.3 is 0 Å². The third kappa shape index (κ3) is 1.52. The number of rotatable bonds is 3. The van der Waals surface area contributed by atoms with E-state index in [9.17, 15) is 0 Å². The molecule has 0 saturated heterocycles. The van der Waals surface area contributed by atoms with Crippen molar-refractivity contribution in [3.05, 3.63) is 12.6 Å². The van der Waals surface area contributed by atoms with E-state index in [0.717, 1.165) is 30.2 Å². The zero-order valence-corrected chi connectivity index (χ0v) is 7.59. The highest BCUT2D eigenvalue weighted by molar-refractivity contribution is 5.64. The van der Waals surface area contributed by atoms with Crippen molar-refractivity contribution in [1.29, 1.82) is 0 Å². The van der Waals surface area contributed by atoms with E-state index in [4.69, 9.17) is 5.73 Å². The number of nitrogens with zero attached hydrogens (tertiary/aromatic N) is 2. The highest BCUT2D eigenvalue weighted by atomic mass is 15.3. The highest BCUT2D eigenvalue weighted by Crippen LogP contribution is 2.20. The van der Waals surface area contributed by atoms with Gasteiger partial charge in [-0.05, 0) is 13.3 Å². The van der Waals surface area contributed by atoms with Crippen molar-refractivity contribution >= 4 is 11.5 Å². The number of nitrogens with two attached hydrogens (primary N) is 1. The lowest BCUT2D eigenvalue weighted by Crippen LogP contribution is -2.06. The first-order valence-electron chi connectivity index (χ1n) is 3.99. The summed E-state index contributed by atoms with van der Waals surface area (Å²) in [5.74, 6) is 0.885. The van der Waals surface area contributed by atoms with E-state index in [-0.39, 0.29) is 0 Å². The van der Waals surface area contributed by atoms with Gasteiger partial charge in [0.15, 0.2) is 0 Å². The van der Waals surface area contributed by atoms with Crippen LogP contribution in [0.25, 0.3) is 0 Å². The molecule has 4 heteroatoms. The average Bonchev–Trinajstić information content (AvgIpc) is 2.25. The molecule has 0 aliphatic heterocycles. The van der Waals surface area contributed by atoms with E-state index in [0.29, 0.717) is 0 Å². The van der Waals surface area contributed by atoms with Gasteiger partial charge < -0.3 is 11.1 Å².